The van der Waals surface area contributed by atoms with Crippen LogP contribution in [0.3, 0.4) is 0 Å². The summed E-state index contributed by atoms with van der Waals surface area (Å²) in [5, 5.41) is 3.24. The van der Waals surface area contributed by atoms with Gasteiger partial charge < -0.3 is 15.0 Å². The Kier molecular flexibility index (Phi) is 6.28. The smallest absolute Gasteiger partial charge is 0.254 e. The van der Waals surface area contributed by atoms with E-state index in [1.54, 1.807) is 25.3 Å². The molecule has 0 saturated carbocycles. The number of piperidine rings is 1. The molecule has 0 radical (unpaired) electrons. The van der Waals surface area contributed by atoms with Crippen molar-refractivity contribution < 1.29 is 14.3 Å². The second-order valence-electron chi connectivity index (χ2n) is 5.77. The van der Waals surface area contributed by atoms with Crippen LogP contribution < -0.4 is 10.1 Å². The topological polar surface area (TPSA) is 58.6 Å². The molecule has 0 unspecified atom stereocenters. The SMILES string of the molecule is COc1ccc(C(=O)N2CCCC[C@@H]2CCNC(C)=O)cc1Cl. The predicted molar refractivity (Wildman–Crippen MR) is 90.0 cm³/mol. The number of nitrogens with zero attached hydrogens (tertiary/aromatic N) is 1. The molecule has 1 aliphatic heterocycles. The highest BCUT2D eigenvalue weighted by molar-refractivity contribution is 6.32. The first-order chi connectivity index (χ1) is 11.0. The zero-order valence-electron chi connectivity index (χ0n) is 13.6. The van der Waals surface area contributed by atoms with Crippen LogP contribution in [-0.4, -0.2) is 43.0 Å². The summed E-state index contributed by atoms with van der Waals surface area (Å²) in [7, 11) is 1.55. The zero-order chi connectivity index (χ0) is 16.8. The van der Waals surface area contributed by atoms with Gasteiger partial charge in [-0.15, -0.1) is 0 Å². The first-order valence-corrected chi connectivity index (χ1v) is 8.29. The Morgan fingerprint density at radius 3 is 2.83 bits per heavy atom. The Morgan fingerprint density at radius 1 is 1.39 bits per heavy atom. The first kappa shape index (κ1) is 17.6. The number of ether oxygens (including phenoxy) is 1. The van der Waals surface area contributed by atoms with Crippen LogP contribution in [0, 0.1) is 0 Å². The number of methoxy groups -OCH3 is 1. The quantitative estimate of drug-likeness (QED) is 0.898. The third kappa shape index (κ3) is 4.61. The summed E-state index contributed by atoms with van der Waals surface area (Å²) < 4.78 is 5.12. The molecule has 6 heteroatoms. The normalized spacial score (nSPS) is 17.7. The van der Waals surface area contributed by atoms with E-state index in [1.165, 1.54) is 6.92 Å². The van der Waals surface area contributed by atoms with E-state index in [4.69, 9.17) is 16.3 Å². The fourth-order valence-corrected chi connectivity index (χ4v) is 3.21. The number of hydrogen-bond acceptors (Lipinski definition) is 3. The van der Waals surface area contributed by atoms with Crippen molar-refractivity contribution in [1.82, 2.24) is 10.2 Å². The number of carbonyl (C=O) groups is 2. The van der Waals surface area contributed by atoms with Gasteiger partial charge in [-0.1, -0.05) is 11.6 Å². The molecule has 1 N–H and O–H groups in total. The predicted octanol–water partition coefficient (Wildman–Crippen LogP) is 2.87. The summed E-state index contributed by atoms with van der Waals surface area (Å²) in [6.45, 7) is 2.84. The molecule has 1 saturated heterocycles. The summed E-state index contributed by atoms with van der Waals surface area (Å²) >= 11 is 6.12. The average Bonchev–Trinajstić information content (AvgIpc) is 2.54. The molecule has 1 aliphatic rings. The molecule has 0 aliphatic carbocycles. The summed E-state index contributed by atoms with van der Waals surface area (Å²) in [6, 6.07) is 5.27. The van der Waals surface area contributed by atoms with Crippen molar-refractivity contribution in [1.29, 1.82) is 0 Å². The van der Waals surface area contributed by atoms with E-state index in [1.807, 2.05) is 4.90 Å². The van der Waals surface area contributed by atoms with E-state index >= 15 is 0 Å². The van der Waals surface area contributed by atoms with Crippen molar-refractivity contribution in [3.63, 3.8) is 0 Å². The standard InChI is InChI=1S/C17H23ClN2O3/c1-12(21)19-9-8-14-5-3-4-10-20(14)17(22)13-6-7-16(23-2)15(18)11-13/h6-7,11,14H,3-5,8-10H2,1-2H3,(H,19,21)/t14-/m1/s1. The Labute approximate surface area is 141 Å². The van der Waals surface area contributed by atoms with Gasteiger partial charge in [0.25, 0.3) is 5.91 Å². The lowest BCUT2D eigenvalue weighted by atomic mass is 9.98. The van der Waals surface area contributed by atoms with Crippen LogP contribution in [0.2, 0.25) is 5.02 Å². The second kappa shape index (κ2) is 8.20. The lowest BCUT2D eigenvalue weighted by Gasteiger charge is -2.36. The van der Waals surface area contributed by atoms with E-state index in [9.17, 15) is 9.59 Å². The van der Waals surface area contributed by atoms with Gasteiger partial charge in [-0.25, -0.2) is 0 Å². The highest BCUT2D eigenvalue weighted by atomic mass is 35.5. The molecule has 0 spiro atoms. The van der Waals surface area contributed by atoms with Crippen LogP contribution in [0.1, 0.15) is 43.0 Å². The van der Waals surface area contributed by atoms with Crippen molar-refractivity contribution in [3.8, 4) is 5.75 Å². The maximum Gasteiger partial charge on any atom is 0.254 e. The molecule has 1 fully saturated rings. The van der Waals surface area contributed by atoms with Gasteiger partial charge in [-0.05, 0) is 43.9 Å². The molecule has 23 heavy (non-hydrogen) atoms. The molecule has 0 aromatic heterocycles. The number of benzene rings is 1. The van der Waals surface area contributed by atoms with Crippen molar-refractivity contribution >= 4 is 23.4 Å². The maximum absolute atomic E-state index is 12.8. The lowest BCUT2D eigenvalue weighted by molar-refractivity contribution is -0.119. The Hall–Kier alpha value is -1.75. The minimum atomic E-state index is -0.0411. The number of amides is 2. The molecule has 2 rings (SSSR count). The lowest BCUT2D eigenvalue weighted by Crippen LogP contribution is -2.45. The average molecular weight is 339 g/mol. The summed E-state index contributed by atoms with van der Waals surface area (Å²) in [5.74, 6) is 0.506. The Balaban J connectivity index is 2.08. The Morgan fingerprint density at radius 2 is 2.17 bits per heavy atom. The van der Waals surface area contributed by atoms with Gasteiger partial charge in [-0.2, -0.15) is 0 Å². The number of carbonyl (C=O) groups excluding carboxylic acids is 2. The first-order valence-electron chi connectivity index (χ1n) is 7.92. The Bertz CT molecular complexity index is 577. The van der Waals surface area contributed by atoms with E-state index in [2.05, 4.69) is 5.32 Å². The summed E-state index contributed by atoms with van der Waals surface area (Å²) in [6.07, 6.45) is 3.86. The van der Waals surface area contributed by atoms with Crippen LogP contribution in [0.5, 0.6) is 5.75 Å². The number of likely N-dealkylation sites (tertiary alicyclic amines) is 1. The monoisotopic (exact) mass is 338 g/mol. The van der Waals surface area contributed by atoms with Gasteiger partial charge in [0.05, 0.1) is 12.1 Å². The molecule has 0 bridgehead atoms. The van der Waals surface area contributed by atoms with Gasteiger partial charge in [0.2, 0.25) is 5.91 Å². The van der Waals surface area contributed by atoms with E-state index in [0.29, 0.717) is 22.9 Å². The largest absolute Gasteiger partial charge is 0.495 e. The molecule has 1 aromatic carbocycles. The molecular formula is C17H23ClN2O3. The molecule has 2 amide bonds. The molecular weight excluding hydrogens is 316 g/mol. The van der Waals surface area contributed by atoms with Gasteiger partial charge in [0.15, 0.2) is 0 Å². The van der Waals surface area contributed by atoms with Gasteiger partial charge in [0, 0.05) is 31.6 Å². The van der Waals surface area contributed by atoms with Crippen molar-refractivity contribution in [2.75, 3.05) is 20.2 Å². The minimum absolute atomic E-state index is 0.0120. The maximum atomic E-state index is 12.8. The molecule has 1 atom stereocenters. The number of hydrogen-bond donors (Lipinski definition) is 1. The third-order valence-corrected chi connectivity index (χ3v) is 4.43. The van der Waals surface area contributed by atoms with Crippen LogP contribution in [0.15, 0.2) is 18.2 Å². The van der Waals surface area contributed by atoms with E-state index < -0.39 is 0 Å². The van der Waals surface area contributed by atoms with Crippen LogP contribution in [0.25, 0.3) is 0 Å². The minimum Gasteiger partial charge on any atom is -0.495 e. The van der Waals surface area contributed by atoms with Crippen molar-refractivity contribution in [2.24, 2.45) is 0 Å². The highest BCUT2D eigenvalue weighted by Gasteiger charge is 2.27. The van der Waals surface area contributed by atoms with Crippen molar-refractivity contribution in [2.45, 2.75) is 38.6 Å². The summed E-state index contributed by atoms with van der Waals surface area (Å²) in [5.41, 5.74) is 0.572. The van der Waals surface area contributed by atoms with E-state index in [0.717, 1.165) is 32.2 Å². The highest BCUT2D eigenvalue weighted by Crippen LogP contribution is 2.27. The van der Waals surface area contributed by atoms with Gasteiger partial charge >= 0.3 is 0 Å². The number of halogens is 1. The van der Waals surface area contributed by atoms with Crippen LogP contribution in [0.4, 0.5) is 0 Å². The van der Waals surface area contributed by atoms with E-state index in [-0.39, 0.29) is 17.9 Å². The van der Waals surface area contributed by atoms with Crippen LogP contribution in [-0.2, 0) is 4.79 Å². The van der Waals surface area contributed by atoms with Gasteiger partial charge in [-0.3, -0.25) is 9.59 Å². The molecule has 5 nitrogen and oxygen atoms in total. The number of nitrogens with one attached hydrogen (secondary N) is 1. The fourth-order valence-electron chi connectivity index (χ4n) is 2.95. The summed E-state index contributed by atoms with van der Waals surface area (Å²) in [4.78, 5) is 25.7. The van der Waals surface area contributed by atoms with Gasteiger partial charge in [0.1, 0.15) is 5.75 Å². The third-order valence-electron chi connectivity index (χ3n) is 4.14. The van der Waals surface area contributed by atoms with Crippen LogP contribution >= 0.6 is 11.6 Å². The number of rotatable bonds is 5. The zero-order valence-corrected chi connectivity index (χ0v) is 14.4. The fraction of sp³-hybridized carbons (Fsp3) is 0.529. The molecule has 126 valence electrons. The molecule has 1 aromatic rings. The second-order valence-corrected chi connectivity index (χ2v) is 6.18. The van der Waals surface area contributed by atoms with Crippen molar-refractivity contribution in [3.05, 3.63) is 28.8 Å². The molecule has 1 heterocycles.